The van der Waals surface area contributed by atoms with Crippen LogP contribution in [0.2, 0.25) is 0 Å². The summed E-state index contributed by atoms with van der Waals surface area (Å²) in [6.45, 7) is 7.91. The van der Waals surface area contributed by atoms with Crippen molar-refractivity contribution in [3.63, 3.8) is 0 Å². The molecule has 0 saturated carbocycles. The Bertz CT molecular complexity index is 457. The van der Waals surface area contributed by atoms with E-state index in [0.29, 0.717) is 6.61 Å². The molecule has 118 valence electrons. The quantitative estimate of drug-likeness (QED) is 0.810. The van der Waals surface area contributed by atoms with Crippen molar-refractivity contribution in [1.29, 1.82) is 0 Å². The van der Waals surface area contributed by atoms with Crippen molar-refractivity contribution in [3.8, 4) is 0 Å². The van der Waals surface area contributed by atoms with Gasteiger partial charge in [0.15, 0.2) is 0 Å². The van der Waals surface area contributed by atoms with Gasteiger partial charge in [-0.15, -0.1) is 0 Å². The second kappa shape index (κ2) is 7.28. The molecule has 2 rings (SSSR count). The average Bonchev–Trinajstić information content (AvgIpc) is 2.45. The van der Waals surface area contributed by atoms with Crippen molar-refractivity contribution < 1.29 is 5.11 Å². The third-order valence-electron chi connectivity index (χ3n) is 4.44. The molecule has 0 bridgehead atoms. The van der Waals surface area contributed by atoms with Gasteiger partial charge in [0.25, 0.3) is 0 Å². The van der Waals surface area contributed by atoms with Crippen molar-refractivity contribution in [2.45, 2.75) is 46.1 Å². The van der Waals surface area contributed by atoms with E-state index in [-0.39, 0.29) is 5.41 Å². The number of nitrogens with zero attached hydrogens (tertiary/aromatic N) is 1. The van der Waals surface area contributed by atoms with Crippen LogP contribution in [-0.4, -0.2) is 31.9 Å². The van der Waals surface area contributed by atoms with Crippen molar-refractivity contribution in [1.82, 2.24) is 5.32 Å². The normalized spacial score (nSPS) is 15.1. The summed E-state index contributed by atoms with van der Waals surface area (Å²) in [6.07, 6.45) is 4.41. The van der Waals surface area contributed by atoms with Crippen LogP contribution in [0.3, 0.4) is 0 Å². The summed E-state index contributed by atoms with van der Waals surface area (Å²) in [4.78, 5) is 2.36. The predicted molar refractivity (Wildman–Crippen MR) is 89.8 cm³/mol. The largest absolute Gasteiger partial charge is 0.396 e. The zero-order valence-electron chi connectivity index (χ0n) is 13.8. The highest BCUT2D eigenvalue weighted by atomic mass is 16.2. The molecule has 1 aliphatic heterocycles. The number of aryl methyl sites for hydroxylation is 1. The molecular formula is C18H30N2O. The smallest absolute Gasteiger partial charge is 0.0431 e. The molecule has 1 aromatic carbocycles. The molecule has 0 amide bonds. The van der Waals surface area contributed by atoms with Crippen LogP contribution in [0.1, 0.15) is 44.2 Å². The maximum absolute atomic E-state index is 8.94. The average molecular weight is 290 g/mol. The molecular weight excluding hydrogens is 260 g/mol. The fraction of sp³-hybridized carbons (Fsp3) is 0.667. The summed E-state index contributed by atoms with van der Waals surface area (Å²) in [5.74, 6) is 0. The Hall–Kier alpha value is -1.06. The molecule has 0 aliphatic carbocycles. The summed E-state index contributed by atoms with van der Waals surface area (Å²) >= 11 is 0. The van der Waals surface area contributed by atoms with Gasteiger partial charge in [0.1, 0.15) is 0 Å². The van der Waals surface area contributed by atoms with Crippen molar-refractivity contribution >= 4 is 5.69 Å². The lowest BCUT2D eigenvalue weighted by molar-refractivity contribution is 0.236. The standard InChI is InChI=1S/C18H30N2O/c1-18(2,9-5-11-21)14-19-13-15-7-8-17-16(12-15)6-4-10-20(17)3/h7-8,12,19,21H,4-6,9-11,13-14H2,1-3H3. The first-order chi connectivity index (χ1) is 10.0. The zero-order valence-corrected chi connectivity index (χ0v) is 13.8. The van der Waals surface area contributed by atoms with E-state index in [2.05, 4.69) is 49.3 Å². The van der Waals surface area contributed by atoms with Crippen LogP contribution in [0.4, 0.5) is 5.69 Å². The molecule has 1 aliphatic rings. The lowest BCUT2D eigenvalue weighted by Gasteiger charge is -2.28. The second-order valence-electron chi connectivity index (χ2n) is 7.08. The van der Waals surface area contributed by atoms with Crippen LogP contribution >= 0.6 is 0 Å². The Morgan fingerprint density at radius 1 is 1.33 bits per heavy atom. The van der Waals surface area contributed by atoms with Gasteiger partial charge in [0.05, 0.1) is 0 Å². The number of hydrogen-bond donors (Lipinski definition) is 2. The zero-order chi connectivity index (χ0) is 15.3. The van der Waals surface area contributed by atoms with Crippen molar-refractivity contribution in [2.24, 2.45) is 5.41 Å². The van der Waals surface area contributed by atoms with Gasteiger partial charge in [-0.05, 0) is 48.3 Å². The van der Waals surface area contributed by atoms with Crippen LogP contribution in [-0.2, 0) is 13.0 Å². The Kier molecular flexibility index (Phi) is 5.65. The number of rotatable bonds is 7. The molecule has 0 aromatic heterocycles. The first kappa shape index (κ1) is 16.3. The van der Waals surface area contributed by atoms with Crippen LogP contribution in [0.25, 0.3) is 0 Å². The predicted octanol–water partition coefficient (Wildman–Crippen LogP) is 2.96. The molecule has 1 heterocycles. The Morgan fingerprint density at radius 2 is 2.14 bits per heavy atom. The molecule has 1 aromatic rings. The van der Waals surface area contributed by atoms with Gasteiger partial charge >= 0.3 is 0 Å². The van der Waals surface area contributed by atoms with Crippen LogP contribution in [0.5, 0.6) is 0 Å². The van der Waals surface area contributed by atoms with Gasteiger partial charge < -0.3 is 15.3 Å². The fourth-order valence-electron chi connectivity index (χ4n) is 3.14. The number of fused-ring (bicyclic) bond motifs is 1. The van der Waals surface area contributed by atoms with Gasteiger partial charge in [-0.25, -0.2) is 0 Å². The number of hydrogen-bond acceptors (Lipinski definition) is 3. The van der Waals surface area contributed by atoms with Crippen molar-refractivity contribution in [3.05, 3.63) is 29.3 Å². The summed E-state index contributed by atoms with van der Waals surface area (Å²) in [6, 6.07) is 6.87. The lowest BCUT2D eigenvalue weighted by Crippen LogP contribution is -2.29. The van der Waals surface area contributed by atoms with Gasteiger partial charge in [-0.1, -0.05) is 26.0 Å². The fourth-order valence-corrected chi connectivity index (χ4v) is 3.14. The SMILES string of the molecule is CN1CCCc2cc(CNCC(C)(C)CCCO)ccc21. The van der Waals surface area contributed by atoms with Crippen LogP contribution in [0, 0.1) is 5.41 Å². The van der Waals surface area contributed by atoms with E-state index in [1.54, 1.807) is 0 Å². The number of aliphatic hydroxyl groups excluding tert-OH is 1. The van der Waals surface area contributed by atoms with Crippen molar-refractivity contribution in [2.75, 3.05) is 31.6 Å². The summed E-state index contributed by atoms with van der Waals surface area (Å²) < 4.78 is 0. The third-order valence-corrected chi connectivity index (χ3v) is 4.44. The minimum Gasteiger partial charge on any atom is -0.396 e. The number of nitrogens with one attached hydrogen (secondary N) is 1. The third kappa shape index (κ3) is 4.72. The Labute approximate surface area is 129 Å². The topological polar surface area (TPSA) is 35.5 Å². The van der Waals surface area contributed by atoms with Gasteiger partial charge in [-0.3, -0.25) is 0 Å². The highest BCUT2D eigenvalue weighted by Crippen LogP contribution is 2.27. The van der Waals surface area contributed by atoms with E-state index in [4.69, 9.17) is 5.11 Å². The molecule has 0 unspecified atom stereocenters. The number of benzene rings is 1. The van der Waals surface area contributed by atoms with E-state index >= 15 is 0 Å². The molecule has 0 radical (unpaired) electrons. The molecule has 21 heavy (non-hydrogen) atoms. The summed E-state index contributed by atoms with van der Waals surface area (Å²) in [7, 11) is 2.18. The minimum atomic E-state index is 0.247. The maximum Gasteiger partial charge on any atom is 0.0431 e. The second-order valence-corrected chi connectivity index (χ2v) is 7.08. The minimum absolute atomic E-state index is 0.247. The number of aliphatic hydroxyl groups is 1. The van der Waals surface area contributed by atoms with E-state index in [9.17, 15) is 0 Å². The molecule has 2 N–H and O–H groups in total. The van der Waals surface area contributed by atoms with Gasteiger partial charge in [0, 0.05) is 39.0 Å². The summed E-state index contributed by atoms with van der Waals surface area (Å²) in [5, 5.41) is 12.5. The molecule has 3 heteroatoms. The van der Waals surface area contributed by atoms with E-state index in [1.807, 2.05) is 0 Å². The maximum atomic E-state index is 8.94. The van der Waals surface area contributed by atoms with E-state index in [1.165, 1.54) is 36.2 Å². The van der Waals surface area contributed by atoms with E-state index < -0.39 is 0 Å². The lowest BCUT2D eigenvalue weighted by atomic mass is 9.88. The first-order valence-corrected chi connectivity index (χ1v) is 8.16. The summed E-state index contributed by atoms with van der Waals surface area (Å²) in [5.41, 5.74) is 4.51. The Morgan fingerprint density at radius 3 is 2.90 bits per heavy atom. The van der Waals surface area contributed by atoms with Gasteiger partial charge in [0.2, 0.25) is 0 Å². The van der Waals surface area contributed by atoms with Gasteiger partial charge in [-0.2, -0.15) is 0 Å². The van der Waals surface area contributed by atoms with E-state index in [0.717, 1.165) is 25.9 Å². The first-order valence-electron chi connectivity index (χ1n) is 8.16. The molecule has 0 fully saturated rings. The molecule has 0 spiro atoms. The molecule has 3 nitrogen and oxygen atoms in total. The highest BCUT2D eigenvalue weighted by Gasteiger charge is 2.17. The molecule has 0 atom stereocenters. The Balaban J connectivity index is 1.86. The number of anilines is 1. The van der Waals surface area contributed by atoms with Crippen LogP contribution in [0.15, 0.2) is 18.2 Å². The highest BCUT2D eigenvalue weighted by molar-refractivity contribution is 5.56. The van der Waals surface area contributed by atoms with Crippen LogP contribution < -0.4 is 10.2 Å². The monoisotopic (exact) mass is 290 g/mol. The molecule has 0 saturated heterocycles.